The monoisotopic (exact) mass is 339 g/mol. The number of amides is 1. The van der Waals surface area contributed by atoms with Gasteiger partial charge in [0.05, 0.1) is 0 Å². The van der Waals surface area contributed by atoms with Crippen molar-refractivity contribution in [1.82, 2.24) is 5.32 Å². The van der Waals surface area contributed by atoms with Crippen molar-refractivity contribution in [3.8, 4) is 5.75 Å². The van der Waals surface area contributed by atoms with Crippen LogP contribution < -0.4 is 10.1 Å². The van der Waals surface area contributed by atoms with Crippen LogP contribution in [0.4, 0.5) is 0 Å². The molecule has 0 spiro atoms. The van der Waals surface area contributed by atoms with Crippen LogP contribution in [-0.4, -0.2) is 28.8 Å². The summed E-state index contributed by atoms with van der Waals surface area (Å²) in [6.07, 6.45) is -0.0285. The predicted molar refractivity (Wildman–Crippen MR) is 89.2 cm³/mol. The zero-order valence-corrected chi connectivity index (χ0v) is 13.3. The number of ketones is 1. The number of aliphatic carboxylic acids is 1. The molecule has 2 aromatic carbocycles. The van der Waals surface area contributed by atoms with Crippen LogP contribution in [0.1, 0.15) is 22.3 Å². The van der Waals surface area contributed by atoms with Gasteiger partial charge in [0, 0.05) is 5.56 Å². The molecule has 1 saturated heterocycles. The fraction of sp³-hybridized carbons (Fsp3) is 0.211. The molecule has 0 saturated carbocycles. The van der Waals surface area contributed by atoms with Crippen molar-refractivity contribution < 1.29 is 24.2 Å². The number of carbonyl (C=O) groups excluding carboxylic acids is 2. The van der Waals surface area contributed by atoms with Crippen molar-refractivity contribution in [2.24, 2.45) is 5.92 Å². The van der Waals surface area contributed by atoms with Crippen molar-refractivity contribution in [2.45, 2.75) is 19.1 Å². The number of carboxylic acids is 1. The Kier molecular flexibility index (Phi) is 4.79. The molecule has 2 aromatic rings. The van der Waals surface area contributed by atoms with E-state index in [2.05, 4.69) is 5.32 Å². The van der Waals surface area contributed by atoms with E-state index in [1.807, 2.05) is 30.3 Å². The fourth-order valence-corrected chi connectivity index (χ4v) is 2.72. The highest BCUT2D eigenvalue weighted by molar-refractivity contribution is 6.12. The molecule has 1 amide bonds. The van der Waals surface area contributed by atoms with Gasteiger partial charge in [0.2, 0.25) is 5.91 Å². The largest absolute Gasteiger partial charge is 0.489 e. The minimum Gasteiger partial charge on any atom is -0.489 e. The van der Waals surface area contributed by atoms with Crippen LogP contribution >= 0.6 is 0 Å². The van der Waals surface area contributed by atoms with Crippen molar-refractivity contribution in [3.63, 3.8) is 0 Å². The molecular formula is C19H17NO5. The Labute approximate surface area is 144 Å². The van der Waals surface area contributed by atoms with Crippen molar-refractivity contribution >= 4 is 17.7 Å². The van der Waals surface area contributed by atoms with Gasteiger partial charge in [-0.2, -0.15) is 0 Å². The molecular weight excluding hydrogens is 322 g/mol. The van der Waals surface area contributed by atoms with Crippen LogP contribution in [0.15, 0.2) is 54.6 Å². The second-order valence-corrected chi connectivity index (χ2v) is 5.85. The Balaban J connectivity index is 1.63. The number of hydrogen-bond acceptors (Lipinski definition) is 4. The second-order valence-electron chi connectivity index (χ2n) is 5.85. The lowest BCUT2D eigenvalue weighted by molar-refractivity contribution is -0.140. The molecule has 0 bridgehead atoms. The van der Waals surface area contributed by atoms with Crippen LogP contribution in [0.3, 0.4) is 0 Å². The van der Waals surface area contributed by atoms with Gasteiger partial charge in [-0.1, -0.05) is 30.3 Å². The third-order valence-corrected chi connectivity index (χ3v) is 4.11. The van der Waals surface area contributed by atoms with Crippen LogP contribution in [0, 0.1) is 5.92 Å². The van der Waals surface area contributed by atoms with Gasteiger partial charge in [0.15, 0.2) is 5.78 Å². The van der Waals surface area contributed by atoms with Crippen LogP contribution in [0.2, 0.25) is 0 Å². The molecule has 128 valence electrons. The summed E-state index contributed by atoms with van der Waals surface area (Å²) < 4.78 is 5.65. The first-order valence-corrected chi connectivity index (χ1v) is 7.89. The first kappa shape index (κ1) is 16.7. The third-order valence-electron chi connectivity index (χ3n) is 4.11. The second kappa shape index (κ2) is 7.17. The Morgan fingerprint density at radius 3 is 2.36 bits per heavy atom. The summed E-state index contributed by atoms with van der Waals surface area (Å²) >= 11 is 0. The third kappa shape index (κ3) is 3.85. The number of nitrogens with one attached hydrogen (secondary N) is 1. The van der Waals surface area contributed by atoms with E-state index in [1.54, 1.807) is 24.3 Å². The first-order chi connectivity index (χ1) is 12.0. The Bertz CT molecular complexity index is 785. The van der Waals surface area contributed by atoms with E-state index < -0.39 is 23.8 Å². The van der Waals surface area contributed by atoms with Gasteiger partial charge in [-0.3, -0.25) is 9.59 Å². The van der Waals surface area contributed by atoms with E-state index in [0.717, 1.165) is 5.56 Å². The molecule has 1 fully saturated rings. The normalized spacial score (nSPS) is 19.3. The lowest BCUT2D eigenvalue weighted by atomic mass is 9.94. The number of carbonyl (C=O) groups is 3. The van der Waals surface area contributed by atoms with E-state index in [9.17, 15) is 14.4 Å². The quantitative estimate of drug-likeness (QED) is 0.620. The number of Topliss-reactive ketones (excluding diaryl/α,β-unsaturated/α-hetero) is 1. The zero-order chi connectivity index (χ0) is 17.8. The van der Waals surface area contributed by atoms with Crippen molar-refractivity contribution in [2.75, 3.05) is 0 Å². The molecule has 2 atom stereocenters. The zero-order valence-electron chi connectivity index (χ0n) is 13.3. The Morgan fingerprint density at radius 1 is 1.08 bits per heavy atom. The number of ether oxygens (including phenoxy) is 1. The summed E-state index contributed by atoms with van der Waals surface area (Å²) in [6.45, 7) is 0.416. The summed E-state index contributed by atoms with van der Waals surface area (Å²) in [6, 6.07) is 15.2. The smallest absolute Gasteiger partial charge is 0.326 e. The summed E-state index contributed by atoms with van der Waals surface area (Å²) in [4.78, 5) is 35.2. The van der Waals surface area contributed by atoms with Gasteiger partial charge < -0.3 is 15.2 Å². The maximum Gasteiger partial charge on any atom is 0.326 e. The van der Waals surface area contributed by atoms with Crippen molar-refractivity contribution in [3.05, 3.63) is 65.7 Å². The van der Waals surface area contributed by atoms with E-state index in [1.165, 1.54) is 0 Å². The summed E-state index contributed by atoms with van der Waals surface area (Å²) in [5.74, 6) is -2.40. The molecule has 1 heterocycles. The molecule has 0 aliphatic carbocycles. The molecule has 0 radical (unpaired) electrons. The average Bonchev–Trinajstić information content (AvgIpc) is 3.03. The molecule has 3 rings (SSSR count). The molecule has 2 N–H and O–H groups in total. The molecule has 25 heavy (non-hydrogen) atoms. The van der Waals surface area contributed by atoms with Crippen LogP contribution in [0.5, 0.6) is 5.75 Å². The van der Waals surface area contributed by atoms with Crippen LogP contribution in [-0.2, 0) is 16.2 Å². The lowest BCUT2D eigenvalue weighted by Gasteiger charge is -2.09. The van der Waals surface area contributed by atoms with Gasteiger partial charge in [-0.25, -0.2) is 4.79 Å². The number of hydrogen-bond donors (Lipinski definition) is 2. The van der Waals surface area contributed by atoms with E-state index in [0.29, 0.717) is 17.9 Å². The molecule has 1 aliphatic heterocycles. The maximum atomic E-state index is 12.4. The number of benzene rings is 2. The lowest BCUT2D eigenvalue weighted by Crippen LogP contribution is -2.33. The predicted octanol–water partition coefficient (Wildman–Crippen LogP) is 2.04. The summed E-state index contributed by atoms with van der Waals surface area (Å²) in [7, 11) is 0. The number of carboxylic acid groups (broad SMARTS) is 1. The van der Waals surface area contributed by atoms with Crippen LogP contribution in [0.25, 0.3) is 0 Å². The van der Waals surface area contributed by atoms with E-state index in [-0.39, 0.29) is 12.2 Å². The van der Waals surface area contributed by atoms with E-state index in [4.69, 9.17) is 9.84 Å². The summed E-state index contributed by atoms with van der Waals surface area (Å²) in [5.41, 5.74) is 1.39. The maximum absolute atomic E-state index is 12.4. The first-order valence-electron chi connectivity index (χ1n) is 7.89. The molecule has 0 unspecified atom stereocenters. The summed E-state index contributed by atoms with van der Waals surface area (Å²) in [5, 5.41) is 11.3. The SMILES string of the molecule is O=C1N[C@H](C(=O)O)C[C@@H]1C(=O)c1ccc(OCc2ccccc2)cc1. The molecule has 0 aromatic heterocycles. The minimum atomic E-state index is -1.13. The molecule has 6 heteroatoms. The van der Waals surface area contributed by atoms with Gasteiger partial charge in [0.1, 0.15) is 24.3 Å². The highest BCUT2D eigenvalue weighted by Gasteiger charge is 2.40. The fourth-order valence-electron chi connectivity index (χ4n) is 2.72. The highest BCUT2D eigenvalue weighted by Crippen LogP contribution is 2.22. The molecule has 1 aliphatic rings. The van der Waals surface area contributed by atoms with Gasteiger partial charge >= 0.3 is 5.97 Å². The van der Waals surface area contributed by atoms with Gasteiger partial charge in [-0.15, -0.1) is 0 Å². The Hall–Kier alpha value is -3.15. The Morgan fingerprint density at radius 2 is 1.76 bits per heavy atom. The van der Waals surface area contributed by atoms with Gasteiger partial charge in [-0.05, 0) is 36.2 Å². The van der Waals surface area contributed by atoms with E-state index >= 15 is 0 Å². The average molecular weight is 339 g/mol. The van der Waals surface area contributed by atoms with Gasteiger partial charge in [0.25, 0.3) is 0 Å². The highest BCUT2D eigenvalue weighted by atomic mass is 16.5. The minimum absolute atomic E-state index is 0.0285. The molecule has 6 nitrogen and oxygen atoms in total. The van der Waals surface area contributed by atoms with Crippen molar-refractivity contribution in [1.29, 1.82) is 0 Å². The number of rotatable bonds is 6. The standard InChI is InChI=1S/C19H17NO5/c21-17(15-10-16(19(23)24)20-18(15)22)13-6-8-14(9-7-13)25-11-12-4-2-1-3-5-12/h1-9,15-16H,10-11H2,(H,20,22)(H,23,24)/t15-,16+/m1/s1. The topological polar surface area (TPSA) is 92.7 Å².